The van der Waals surface area contributed by atoms with Crippen LogP contribution in [-0.2, 0) is 17.9 Å². The first kappa shape index (κ1) is 13.1. The number of amides is 1. The molecule has 0 unspecified atom stereocenters. The predicted octanol–water partition coefficient (Wildman–Crippen LogP) is 0.795. The second-order valence-corrected chi connectivity index (χ2v) is 4.83. The fourth-order valence-corrected chi connectivity index (χ4v) is 1.73. The van der Waals surface area contributed by atoms with Gasteiger partial charge in [-0.3, -0.25) is 4.79 Å². The summed E-state index contributed by atoms with van der Waals surface area (Å²) in [6.45, 7) is 1.92. The number of hydrogen-bond acceptors (Lipinski definition) is 3. The third-order valence-electron chi connectivity index (χ3n) is 3.11. The van der Waals surface area contributed by atoms with Crippen LogP contribution >= 0.6 is 0 Å². The molecule has 18 heavy (non-hydrogen) atoms. The summed E-state index contributed by atoms with van der Waals surface area (Å²) in [5.74, 6) is 0.786. The van der Waals surface area contributed by atoms with Crippen LogP contribution in [0.25, 0.3) is 0 Å². The smallest absolute Gasteiger partial charge is 0.233 e. The number of hydrogen-bond donors (Lipinski definition) is 3. The van der Waals surface area contributed by atoms with Gasteiger partial charge in [0.15, 0.2) is 0 Å². The van der Waals surface area contributed by atoms with E-state index in [1.807, 2.05) is 24.3 Å². The van der Waals surface area contributed by atoms with Crippen LogP contribution < -0.4 is 10.6 Å². The molecule has 0 aliphatic heterocycles. The molecule has 1 aromatic rings. The highest BCUT2D eigenvalue weighted by atomic mass is 16.3. The molecule has 2 rings (SSSR count). The van der Waals surface area contributed by atoms with E-state index < -0.39 is 0 Å². The summed E-state index contributed by atoms with van der Waals surface area (Å²) >= 11 is 0. The van der Waals surface area contributed by atoms with Gasteiger partial charge in [-0.05, 0) is 29.9 Å². The van der Waals surface area contributed by atoms with Gasteiger partial charge in [0.1, 0.15) is 0 Å². The van der Waals surface area contributed by atoms with Gasteiger partial charge in [-0.25, -0.2) is 0 Å². The Morgan fingerprint density at radius 3 is 2.50 bits per heavy atom. The molecule has 0 saturated heterocycles. The molecule has 3 N–H and O–H groups in total. The average molecular weight is 248 g/mol. The van der Waals surface area contributed by atoms with Crippen LogP contribution in [-0.4, -0.2) is 24.1 Å². The van der Waals surface area contributed by atoms with Gasteiger partial charge < -0.3 is 15.7 Å². The predicted molar refractivity (Wildman–Crippen MR) is 69.8 cm³/mol. The van der Waals surface area contributed by atoms with E-state index in [-0.39, 0.29) is 12.5 Å². The van der Waals surface area contributed by atoms with Crippen LogP contribution in [0.1, 0.15) is 24.0 Å². The molecule has 0 bridgehead atoms. The highest BCUT2D eigenvalue weighted by Crippen LogP contribution is 2.27. The monoisotopic (exact) mass is 248 g/mol. The lowest BCUT2D eigenvalue weighted by Crippen LogP contribution is -2.34. The number of benzene rings is 1. The zero-order chi connectivity index (χ0) is 12.8. The number of nitrogens with one attached hydrogen (secondary N) is 2. The van der Waals surface area contributed by atoms with E-state index >= 15 is 0 Å². The standard InChI is InChI=1S/C14H20N2O2/c17-10-13-5-3-11(4-6-13)7-15-9-14(18)16-8-12-1-2-12/h3-6,12,15,17H,1-2,7-10H2,(H,16,18). The molecule has 0 heterocycles. The van der Waals surface area contributed by atoms with Crippen molar-refractivity contribution in [2.45, 2.75) is 26.0 Å². The molecule has 1 fully saturated rings. The van der Waals surface area contributed by atoms with Crippen molar-refractivity contribution in [3.8, 4) is 0 Å². The van der Waals surface area contributed by atoms with Crippen molar-refractivity contribution >= 4 is 5.91 Å². The van der Waals surface area contributed by atoms with Crippen molar-refractivity contribution in [1.82, 2.24) is 10.6 Å². The van der Waals surface area contributed by atoms with Gasteiger partial charge in [0.25, 0.3) is 0 Å². The summed E-state index contributed by atoms with van der Waals surface area (Å²) in [5, 5.41) is 14.9. The quantitative estimate of drug-likeness (QED) is 0.668. The van der Waals surface area contributed by atoms with Crippen molar-refractivity contribution in [3.05, 3.63) is 35.4 Å². The van der Waals surface area contributed by atoms with Gasteiger partial charge in [-0.2, -0.15) is 0 Å². The van der Waals surface area contributed by atoms with Crippen LogP contribution in [0, 0.1) is 5.92 Å². The Morgan fingerprint density at radius 1 is 1.22 bits per heavy atom. The minimum Gasteiger partial charge on any atom is -0.392 e. The summed E-state index contributed by atoms with van der Waals surface area (Å²) < 4.78 is 0. The van der Waals surface area contributed by atoms with Crippen LogP contribution in [0.2, 0.25) is 0 Å². The van der Waals surface area contributed by atoms with Crippen LogP contribution in [0.3, 0.4) is 0 Å². The molecule has 98 valence electrons. The van der Waals surface area contributed by atoms with Gasteiger partial charge in [0, 0.05) is 13.1 Å². The Balaban J connectivity index is 1.62. The van der Waals surface area contributed by atoms with Crippen molar-refractivity contribution in [3.63, 3.8) is 0 Å². The Labute approximate surface area is 107 Å². The van der Waals surface area contributed by atoms with Gasteiger partial charge in [0.05, 0.1) is 13.2 Å². The van der Waals surface area contributed by atoms with Crippen molar-refractivity contribution in [1.29, 1.82) is 0 Å². The molecular weight excluding hydrogens is 228 g/mol. The highest BCUT2D eigenvalue weighted by molar-refractivity contribution is 5.77. The van der Waals surface area contributed by atoms with Crippen LogP contribution in [0.4, 0.5) is 0 Å². The Morgan fingerprint density at radius 2 is 1.89 bits per heavy atom. The average Bonchev–Trinajstić information content (AvgIpc) is 3.21. The lowest BCUT2D eigenvalue weighted by Gasteiger charge is -2.06. The summed E-state index contributed by atoms with van der Waals surface area (Å²) in [7, 11) is 0. The van der Waals surface area contributed by atoms with Gasteiger partial charge in [0.2, 0.25) is 5.91 Å². The SMILES string of the molecule is O=C(CNCc1ccc(CO)cc1)NCC1CC1. The van der Waals surface area contributed by atoms with Crippen molar-refractivity contribution in [2.75, 3.05) is 13.1 Å². The zero-order valence-electron chi connectivity index (χ0n) is 10.5. The highest BCUT2D eigenvalue weighted by Gasteiger charge is 2.21. The van der Waals surface area contributed by atoms with Gasteiger partial charge >= 0.3 is 0 Å². The summed E-state index contributed by atoms with van der Waals surface area (Å²) in [5.41, 5.74) is 2.02. The molecule has 0 aromatic heterocycles. The van der Waals surface area contributed by atoms with E-state index in [2.05, 4.69) is 10.6 Å². The van der Waals surface area contributed by atoms with E-state index in [0.717, 1.165) is 23.6 Å². The normalized spacial score (nSPS) is 14.5. The molecule has 1 aliphatic carbocycles. The van der Waals surface area contributed by atoms with E-state index in [4.69, 9.17) is 5.11 Å². The second kappa shape index (κ2) is 6.52. The fraction of sp³-hybridized carbons (Fsp3) is 0.500. The summed E-state index contributed by atoms with van der Waals surface area (Å²) in [6.07, 6.45) is 2.51. The first-order valence-electron chi connectivity index (χ1n) is 6.44. The number of rotatable bonds is 7. The minimum atomic E-state index is 0.0638. The molecule has 0 radical (unpaired) electrons. The molecule has 0 atom stereocenters. The largest absolute Gasteiger partial charge is 0.392 e. The lowest BCUT2D eigenvalue weighted by molar-refractivity contribution is -0.120. The zero-order valence-corrected chi connectivity index (χ0v) is 10.5. The fourth-order valence-electron chi connectivity index (χ4n) is 1.73. The van der Waals surface area contributed by atoms with E-state index in [0.29, 0.717) is 13.1 Å². The Kier molecular flexibility index (Phi) is 4.73. The third-order valence-corrected chi connectivity index (χ3v) is 3.11. The summed E-state index contributed by atoms with van der Waals surface area (Å²) in [6, 6.07) is 7.70. The Hall–Kier alpha value is -1.39. The van der Waals surface area contributed by atoms with E-state index in [9.17, 15) is 4.79 Å². The Bertz CT molecular complexity index is 385. The molecule has 1 aliphatic rings. The lowest BCUT2D eigenvalue weighted by atomic mass is 10.1. The number of carbonyl (C=O) groups is 1. The summed E-state index contributed by atoms with van der Waals surface area (Å²) in [4.78, 5) is 11.5. The minimum absolute atomic E-state index is 0.0638. The molecule has 4 heteroatoms. The third kappa shape index (κ3) is 4.47. The molecule has 1 saturated carbocycles. The van der Waals surface area contributed by atoms with Gasteiger partial charge in [-0.1, -0.05) is 24.3 Å². The first-order valence-corrected chi connectivity index (χ1v) is 6.44. The number of aliphatic hydroxyl groups is 1. The molecule has 1 amide bonds. The maximum Gasteiger partial charge on any atom is 0.233 e. The van der Waals surface area contributed by atoms with E-state index in [1.165, 1.54) is 12.8 Å². The van der Waals surface area contributed by atoms with Crippen LogP contribution in [0.5, 0.6) is 0 Å². The van der Waals surface area contributed by atoms with Crippen LogP contribution in [0.15, 0.2) is 24.3 Å². The number of carbonyl (C=O) groups excluding carboxylic acids is 1. The second-order valence-electron chi connectivity index (χ2n) is 4.83. The number of aliphatic hydroxyl groups excluding tert-OH is 1. The molecule has 0 spiro atoms. The molecule has 1 aromatic carbocycles. The molecule has 4 nitrogen and oxygen atoms in total. The maximum absolute atomic E-state index is 11.5. The van der Waals surface area contributed by atoms with Gasteiger partial charge in [-0.15, -0.1) is 0 Å². The van der Waals surface area contributed by atoms with Crippen molar-refractivity contribution in [2.24, 2.45) is 5.92 Å². The maximum atomic E-state index is 11.5. The van der Waals surface area contributed by atoms with E-state index in [1.54, 1.807) is 0 Å². The topological polar surface area (TPSA) is 61.4 Å². The molecular formula is C14H20N2O2. The van der Waals surface area contributed by atoms with Crippen molar-refractivity contribution < 1.29 is 9.90 Å². The first-order chi connectivity index (χ1) is 8.78.